The first-order valence-corrected chi connectivity index (χ1v) is 6.45. The molecule has 0 radical (unpaired) electrons. The second-order valence-corrected chi connectivity index (χ2v) is 4.79. The maximum absolute atomic E-state index is 12.0. The maximum atomic E-state index is 12.0. The Labute approximate surface area is 109 Å². The Morgan fingerprint density at radius 2 is 2.06 bits per heavy atom. The minimum absolute atomic E-state index is 0.307. The summed E-state index contributed by atoms with van der Waals surface area (Å²) in [5, 5.41) is 0. The second kappa shape index (κ2) is 7.04. The van der Waals surface area contributed by atoms with Crippen molar-refractivity contribution in [2.75, 3.05) is 13.2 Å². The number of hydrogen-bond donors (Lipinski definition) is 0. The van der Waals surface area contributed by atoms with Crippen LogP contribution in [0.2, 0.25) is 0 Å². The van der Waals surface area contributed by atoms with Crippen molar-refractivity contribution in [3.63, 3.8) is 0 Å². The minimum atomic E-state index is -0.307. The molecule has 0 amide bonds. The first kappa shape index (κ1) is 14.6. The van der Waals surface area contributed by atoms with E-state index in [0.717, 1.165) is 12.0 Å². The van der Waals surface area contributed by atoms with Crippen molar-refractivity contribution < 1.29 is 14.3 Å². The third kappa shape index (κ3) is 4.06. The lowest BCUT2D eigenvalue weighted by Gasteiger charge is -2.13. The number of benzene rings is 1. The van der Waals surface area contributed by atoms with E-state index in [0.29, 0.717) is 30.4 Å². The first-order chi connectivity index (χ1) is 8.56. The van der Waals surface area contributed by atoms with Crippen LogP contribution in [0.15, 0.2) is 18.2 Å². The number of aryl methyl sites for hydroxylation is 1. The number of hydrogen-bond acceptors (Lipinski definition) is 3. The molecule has 0 fully saturated rings. The molecule has 3 heteroatoms. The summed E-state index contributed by atoms with van der Waals surface area (Å²) in [5.74, 6) is 0.672. The van der Waals surface area contributed by atoms with Crippen molar-refractivity contribution in [3.05, 3.63) is 29.3 Å². The number of carbonyl (C=O) groups is 1. The van der Waals surface area contributed by atoms with E-state index < -0.39 is 0 Å². The van der Waals surface area contributed by atoms with Gasteiger partial charge in [-0.25, -0.2) is 4.79 Å². The molecule has 0 spiro atoms. The molecule has 0 aromatic heterocycles. The van der Waals surface area contributed by atoms with Gasteiger partial charge in [0.25, 0.3) is 0 Å². The molecule has 0 aliphatic heterocycles. The third-order valence-corrected chi connectivity index (χ3v) is 2.43. The molecule has 0 bridgehead atoms. The molecule has 18 heavy (non-hydrogen) atoms. The van der Waals surface area contributed by atoms with Crippen LogP contribution in [0, 0.1) is 12.8 Å². The summed E-state index contributed by atoms with van der Waals surface area (Å²) < 4.78 is 10.9. The molecule has 0 N–H and O–H groups in total. The van der Waals surface area contributed by atoms with Crippen LogP contribution in [-0.4, -0.2) is 19.2 Å². The molecule has 0 saturated heterocycles. The predicted octanol–water partition coefficient (Wildman–Crippen LogP) is 3.60. The summed E-state index contributed by atoms with van der Waals surface area (Å²) in [4.78, 5) is 12.0. The fourth-order valence-electron chi connectivity index (χ4n) is 1.53. The van der Waals surface area contributed by atoms with Gasteiger partial charge in [0.05, 0.1) is 13.2 Å². The van der Waals surface area contributed by atoms with E-state index in [9.17, 15) is 4.79 Å². The molecule has 0 atom stereocenters. The first-order valence-electron chi connectivity index (χ1n) is 6.45. The fourth-order valence-corrected chi connectivity index (χ4v) is 1.53. The SMILES string of the molecule is CCCOc1c(C)cccc1C(=O)OCC(C)C. The van der Waals surface area contributed by atoms with Gasteiger partial charge in [0.1, 0.15) is 11.3 Å². The topological polar surface area (TPSA) is 35.5 Å². The summed E-state index contributed by atoms with van der Waals surface area (Å²) in [5.41, 5.74) is 1.48. The number of rotatable bonds is 6. The van der Waals surface area contributed by atoms with Gasteiger partial charge in [-0.3, -0.25) is 0 Å². The van der Waals surface area contributed by atoms with Gasteiger partial charge in [-0.1, -0.05) is 32.9 Å². The molecule has 3 nitrogen and oxygen atoms in total. The summed E-state index contributed by atoms with van der Waals surface area (Å²) in [6, 6.07) is 5.53. The summed E-state index contributed by atoms with van der Waals surface area (Å²) in [6.45, 7) is 9.03. The number of carbonyl (C=O) groups excluding carboxylic acids is 1. The Hall–Kier alpha value is -1.51. The van der Waals surface area contributed by atoms with Crippen LogP contribution in [0.4, 0.5) is 0 Å². The van der Waals surface area contributed by atoms with Crippen molar-refractivity contribution in [2.45, 2.75) is 34.1 Å². The fraction of sp³-hybridized carbons (Fsp3) is 0.533. The zero-order valence-electron chi connectivity index (χ0n) is 11.7. The Bertz CT molecular complexity index is 397. The Balaban J connectivity index is 2.86. The van der Waals surface area contributed by atoms with E-state index in [-0.39, 0.29) is 5.97 Å². The van der Waals surface area contributed by atoms with Crippen LogP contribution in [0.3, 0.4) is 0 Å². The standard InChI is InChI=1S/C15H22O3/c1-5-9-17-14-12(4)7-6-8-13(14)15(16)18-10-11(2)3/h6-8,11H,5,9-10H2,1-4H3. The number of esters is 1. The van der Waals surface area contributed by atoms with Crippen molar-refractivity contribution in [1.29, 1.82) is 0 Å². The highest BCUT2D eigenvalue weighted by Gasteiger charge is 2.16. The van der Waals surface area contributed by atoms with E-state index >= 15 is 0 Å². The van der Waals surface area contributed by atoms with E-state index in [4.69, 9.17) is 9.47 Å². The van der Waals surface area contributed by atoms with E-state index in [1.165, 1.54) is 0 Å². The molecule has 0 heterocycles. The Morgan fingerprint density at radius 1 is 1.33 bits per heavy atom. The van der Waals surface area contributed by atoms with Crippen molar-refractivity contribution in [2.24, 2.45) is 5.92 Å². The smallest absolute Gasteiger partial charge is 0.341 e. The Morgan fingerprint density at radius 3 is 2.67 bits per heavy atom. The lowest BCUT2D eigenvalue weighted by molar-refractivity contribution is 0.0454. The van der Waals surface area contributed by atoms with Gasteiger partial charge < -0.3 is 9.47 Å². The molecule has 1 rings (SSSR count). The third-order valence-electron chi connectivity index (χ3n) is 2.43. The monoisotopic (exact) mass is 250 g/mol. The van der Waals surface area contributed by atoms with Gasteiger partial charge in [-0.2, -0.15) is 0 Å². The molecule has 0 unspecified atom stereocenters. The van der Waals surface area contributed by atoms with Crippen LogP contribution < -0.4 is 4.74 Å². The van der Waals surface area contributed by atoms with Gasteiger partial charge in [0, 0.05) is 0 Å². The Kier molecular flexibility index (Phi) is 5.69. The van der Waals surface area contributed by atoms with Crippen molar-refractivity contribution in [1.82, 2.24) is 0 Å². The number of ether oxygens (including phenoxy) is 2. The highest BCUT2D eigenvalue weighted by Crippen LogP contribution is 2.24. The molecule has 0 aliphatic rings. The van der Waals surface area contributed by atoms with Gasteiger partial charge >= 0.3 is 5.97 Å². The highest BCUT2D eigenvalue weighted by atomic mass is 16.5. The molecule has 100 valence electrons. The summed E-state index contributed by atoms with van der Waals surface area (Å²) in [7, 11) is 0. The molecule has 1 aromatic rings. The molecular formula is C15H22O3. The predicted molar refractivity (Wildman–Crippen MR) is 72.1 cm³/mol. The van der Waals surface area contributed by atoms with Crippen LogP contribution in [0.1, 0.15) is 43.1 Å². The summed E-state index contributed by atoms with van der Waals surface area (Å²) in [6.07, 6.45) is 0.912. The molecule has 0 aliphatic carbocycles. The van der Waals surface area contributed by atoms with Crippen molar-refractivity contribution in [3.8, 4) is 5.75 Å². The lowest BCUT2D eigenvalue weighted by atomic mass is 10.1. The lowest BCUT2D eigenvalue weighted by Crippen LogP contribution is -2.12. The van der Waals surface area contributed by atoms with Gasteiger partial charge in [-0.05, 0) is 30.9 Å². The average molecular weight is 250 g/mol. The maximum Gasteiger partial charge on any atom is 0.341 e. The molecule has 0 saturated carbocycles. The summed E-state index contributed by atoms with van der Waals surface area (Å²) >= 11 is 0. The van der Waals surface area contributed by atoms with E-state index in [2.05, 4.69) is 0 Å². The zero-order valence-corrected chi connectivity index (χ0v) is 11.7. The van der Waals surface area contributed by atoms with Gasteiger partial charge in [0.2, 0.25) is 0 Å². The van der Waals surface area contributed by atoms with Crippen LogP contribution in [0.5, 0.6) is 5.75 Å². The highest BCUT2D eigenvalue weighted by molar-refractivity contribution is 5.93. The second-order valence-electron chi connectivity index (χ2n) is 4.79. The normalized spacial score (nSPS) is 10.5. The van der Waals surface area contributed by atoms with Crippen LogP contribution >= 0.6 is 0 Å². The van der Waals surface area contributed by atoms with Gasteiger partial charge in [0.15, 0.2) is 0 Å². The quantitative estimate of drug-likeness (QED) is 0.724. The van der Waals surface area contributed by atoms with Crippen molar-refractivity contribution >= 4 is 5.97 Å². The van der Waals surface area contributed by atoms with E-state index in [1.54, 1.807) is 6.07 Å². The average Bonchev–Trinajstić information content (AvgIpc) is 2.34. The molecular weight excluding hydrogens is 228 g/mol. The largest absolute Gasteiger partial charge is 0.492 e. The number of para-hydroxylation sites is 1. The zero-order chi connectivity index (χ0) is 13.5. The van der Waals surface area contributed by atoms with Gasteiger partial charge in [-0.15, -0.1) is 0 Å². The molecule has 1 aromatic carbocycles. The van der Waals surface area contributed by atoms with Crippen LogP contribution in [0.25, 0.3) is 0 Å². The van der Waals surface area contributed by atoms with Crippen LogP contribution in [-0.2, 0) is 4.74 Å². The minimum Gasteiger partial charge on any atom is -0.492 e. The van der Waals surface area contributed by atoms with E-state index in [1.807, 2.05) is 39.8 Å².